The Bertz CT molecular complexity index is 1140. The molecular formula is C22H21N3O2. The summed E-state index contributed by atoms with van der Waals surface area (Å²) in [5.74, 6) is 0.825. The van der Waals surface area contributed by atoms with Gasteiger partial charge in [-0.1, -0.05) is 29.8 Å². The van der Waals surface area contributed by atoms with Crippen LogP contribution in [0.2, 0.25) is 0 Å². The van der Waals surface area contributed by atoms with Crippen molar-refractivity contribution in [2.24, 2.45) is 0 Å². The first-order chi connectivity index (χ1) is 13.1. The lowest BCUT2D eigenvalue weighted by atomic mass is 10.1. The Morgan fingerprint density at radius 1 is 1.04 bits per heavy atom. The van der Waals surface area contributed by atoms with Crippen LogP contribution >= 0.6 is 0 Å². The van der Waals surface area contributed by atoms with Crippen LogP contribution in [0.1, 0.15) is 18.1 Å². The summed E-state index contributed by atoms with van der Waals surface area (Å²) >= 11 is 0. The number of aryl methyl sites for hydroxylation is 1. The van der Waals surface area contributed by atoms with Gasteiger partial charge in [-0.2, -0.15) is 5.10 Å². The lowest BCUT2D eigenvalue weighted by molar-refractivity contribution is 0.340. The maximum absolute atomic E-state index is 12.9. The summed E-state index contributed by atoms with van der Waals surface area (Å²) in [6, 6.07) is 17.8. The molecule has 0 radical (unpaired) electrons. The second kappa shape index (κ2) is 7.11. The van der Waals surface area contributed by atoms with Gasteiger partial charge in [0.1, 0.15) is 11.3 Å². The number of nitrogens with zero attached hydrogens (tertiary/aromatic N) is 3. The van der Waals surface area contributed by atoms with Crippen LogP contribution in [0.4, 0.5) is 0 Å². The third kappa shape index (κ3) is 3.49. The van der Waals surface area contributed by atoms with Crippen molar-refractivity contribution in [1.29, 1.82) is 0 Å². The normalized spacial score (nSPS) is 11.0. The number of rotatable bonds is 5. The molecule has 27 heavy (non-hydrogen) atoms. The summed E-state index contributed by atoms with van der Waals surface area (Å²) < 4.78 is 8.83. The Kier molecular flexibility index (Phi) is 4.50. The van der Waals surface area contributed by atoms with Gasteiger partial charge in [0.15, 0.2) is 0 Å². The van der Waals surface area contributed by atoms with Gasteiger partial charge in [0.25, 0.3) is 5.56 Å². The summed E-state index contributed by atoms with van der Waals surface area (Å²) in [5, 5.41) is 4.54. The second-order valence-corrected chi connectivity index (χ2v) is 6.54. The molecule has 0 saturated carbocycles. The van der Waals surface area contributed by atoms with Gasteiger partial charge in [-0.15, -0.1) is 0 Å². The number of fused-ring (bicyclic) bond motifs is 1. The Morgan fingerprint density at radius 3 is 2.59 bits per heavy atom. The molecule has 0 saturated heterocycles. The van der Waals surface area contributed by atoms with Crippen molar-refractivity contribution in [1.82, 2.24) is 14.2 Å². The molecule has 0 fully saturated rings. The number of hydrogen-bond donors (Lipinski definition) is 0. The van der Waals surface area contributed by atoms with Gasteiger partial charge < -0.3 is 9.30 Å². The average Bonchev–Trinajstić information content (AvgIpc) is 3.10. The molecule has 2 aromatic carbocycles. The standard InChI is InChI=1S/C22H21N3O2/c1-3-27-19-9-7-18(8-10-19)20-14-21-22(26)24(11-12-25(21)23-20)15-17-6-4-5-16(2)13-17/h4-14H,3,15H2,1-2H3. The molecule has 0 atom stereocenters. The number of ether oxygens (including phenoxy) is 1. The highest BCUT2D eigenvalue weighted by molar-refractivity contribution is 5.66. The van der Waals surface area contributed by atoms with E-state index < -0.39 is 0 Å². The molecule has 4 aromatic rings. The molecule has 136 valence electrons. The smallest absolute Gasteiger partial charge is 0.276 e. The van der Waals surface area contributed by atoms with Crippen molar-refractivity contribution in [3.8, 4) is 17.0 Å². The fourth-order valence-corrected chi connectivity index (χ4v) is 3.19. The zero-order valence-electron chi connectivity index (χ0n) is 15.4. The summed E-state index contributed by atoms with van der Waals surface area (Å²) in [6.45, 7) is 5.18. The van der Waals surface area contributed by atoms with Crippen LogP contribution in [-0.4, -0.2) is 20.8 Å². The largest absolute Gasteiger partial charge is 0.494 e. The first-order valence-electron chi connectivity index (χ1n) is 9.01. The highest BCUT2D eigenvalue weighted by Crippen LogP contribution is 2.22. The van der Waals surface area contributed by atoms with E-state index in [0.717, 1.165) is 22.6 Å². The van der Waals surface area contributed by atoms with Crippen molar-refractivity contribution in [3.63, 3.8) is 0 Å². The first-order valence-corrected chi connectivity index (χ1v) is 9.01. The Morgan fingerprint density at radius 2 is 1.85 bits per heavy atom. The van der Waals surface area contributed by atoms with Crippen LogP contribution in [0.15, 0.2) is 71.8 Å². The number of aromatic nitrogens is 3. The molecule has 0 bridgehead atoms. The zero-order valence-corrected chi connectivity index (χ0v) is 15.4. The van der Waals surface area contributed by atoms with Gasteiger partial charge in [0.05, 0.1) is 18.8 Å². The van der Waals surface area contributed by atoms with Gasteiger partial charge in [-0.25, -0.2) is 4.52 Å². The predicted octanol–water partition coefficient (Wildman–Crippen LogP) is 3.92. The van der Waals surface area contributed by atoms with Crippen LogP contribution in [-0.2, 0) is 6.54 Å². The lowest BCUT2D eigenvalue weighted by Crippen LogP contribution is -2.21. The van der Waals surface area contributed by atoms with E-state index in [1.54, 1.807) is 15.3 Å². The lowest BCUT2D eigenvalue weighted by Gasteiger charge is -2.06. The first kappa shape index (κ1) is 17.1. The maximum Gasteiger partial charge on any atom is 0.276 e. The molecular weight excluding hydrogens is 338 g/mol. The van der Waals surface area contributed by atoms with Crippen molar-refractivity contribution in [3.05, 3.63) is 88.5 Å². The third-order valence-corrected chi connectivity index (χ3v) is 4.50. The molecule has 0 spiro atoms. The Hall–Kier alpha value is -3.34. The summed E-state index contributed by atoms with van der Waals surface area (Å²) in [7, 11) is 0. The molecule has 4 rings (SSSR count). The fraction of sp³-hybridized carbons (Fsp3) is 0.182. The highest BCUT2D eigenvalue weighted by atomic mass is 16.5. The van der Waals surface area contributed by atoms with E-state index in [4.69, 9.17) is 4.74 Å². The molecule has 2 heterocycles. The molecule has 0 amide bonds. The minimum absolute atomic E-state index is 0.0521. The van der Waals surface area contributed by atoms with Crippen molar-refractivity contribution in [2.45, 2.75) is 20.4 Å². The number of benzene rings is 2. The van der Waals surface area contributed by atoms with Gasteiger partial charge in [0, 0.05) is 18.0 Å². The van der Waals surface area contributed by atoms with E-state index in [1.807, 2.05) is 55.6 Å². The molecule has 0 unspecified atom stereocenters. The Labute approximate surface area is 157 Å². The van der Waals surface area contributed by atoms with Gasteiger partial charge in [-0.05, 0) is 49.7 Å². The Balaban J connectivity index is 1.68. The van der Waals surface area contributed by atoms with Crippen LogP contribution < -0.4 is 10.3 Å². The van der Waals surface area contributed by atoms with E-state index in [9.17, 15) is 4.79 Å². The van der Waals surface area contributed by atoms with Crippen LogP contribution in [0.5, 0.6) is 5.75 Å². The molecule has 0 aliphatic rings. The molecule has 0 aliphatic heterocycles. The average molecular weight is 359 g/mol. The second-order valence-electron chi connectivity index (χ2n) is 6.54. The maximum atomic E-state index is 12.9. The quantitative estimate of drug-likeness (QED) is 0.543. The van der Waals surface area contributed by atoms with Crippen molar-refractivity contribution < 1.29 is 4.74 Å². The minimum atomic E-state index is -0.0521. The van der Waals surface area contributed by atoms with Crippen LogP contribution in [0.25, 0.3) is 16.8 Å². The molecule has 5 heteroatoms. The van der Waals surface area contributed by atoms with Crippen molar-refractivity contribution >= 4 is 5.52 Å². The topological polar surface area (TPSA) is 48.5 Å². The predicted molar refractivity (Wildman–Crippen MR) is 106 cm³/mol. The molecule has 0 N–H and O–H groups in total. The highest BCUT2D eigenvalue weighted by Gasteiger charge is 2.10. The third-order valence-electron chi connectivity index (χ3n) is 4.50. The van der Waals surface area contributed by atoms with Crippen LogP contribution in [0, 0.1) is 6.92 Å². The van der Waals surface area contributed by atoms with E-state index >= 15 is 0 Å². The molecule has 0 aliphatic carbocycles. The van der Waals surface area contributed by atoms with Gasteiger partial charge in [-0.3, -0.25) is 4.79 Å². The van der Waals surface area contributed by atoms with Gasteiger partial charge in [0.2, 0.25) is 0 Å². The summed E-state index contributed by atoms with van der Waals surface area (Å²) in [6.07, 6.45) is 3.61. The fourth-order valence-electron chi connectivity index (χ4n) is 3.19. The minimum Gasteiger partial charge on any atom is -0.494 e. The van der Waals surface area contributed by atoms with E-state index in [2.05, 4.69) is 24.2 Å². The summed E-state index contributed by atoms with van der Waals surface area (Å²) in [4.78, 5) is 12.9. The SMILES string of the molecule is CCOc1ccc(-c2cc3c(=O)n(Cc4cccc(C)c4)ccn3n2)cc1. The summed E-state index contributed by atoms with van der Waals surface area (Å²) in [5.41, 5.74) is 4.52. The molecule has 2 aromatic heterocycles. The zero-order chi connectivity index (χ0) is 18.8. The van der Waals surface area contributed by atoms with Gasteiger partial charge >= 0.3 is 0 Å². The van der Waals surface area contributed by atoms with Crippen LogP contribution in [0.3, 0.4) is 0 Å². The number of hydrogen-bond acceptors (Lipinski definition) is 3. The van der Waals surface area contributed by atoms with E-state index in [0.29, 0.717) is 18.7 Å². The van der Waals surface area contributed by atoms with Crippen molar-refractivity contribution in [2.75, 3.05) is 6.61 Å². The molecule has 5 nitrogen and oxygen atoms in total. The van der Waals surface area contributed by atoms with E-state index in [-0.39, 0.29) is 5.56 Å². The van der Waals surface area contributed by atoms with E-state index in [1.165, 1.54) is 5.56 Å². The monoisotopic (exact) mass is 359 g/mol.